The number of alkyl halides is 2. The summed E-state index contributed by atoms with van der Waals surface area (Å²) in [6, 6.07) is 12.2. The van der Waals surface area contributed by atoms with Crippen LogP contribution in [0.1, 0.15) is 0 Å². The number of halogens is 2. The molecule has 0 saturated heterocycles. The van der Waals surface area contributed by atoms with Gasteiger partial charge in [0, 0.05) is 11.8 Å². The Kier molecular flexibility index (Phi) is 4.90. The molecular weight excluding hydrogens is 351 g/mol. The Morgan fingerprint density at radius 1 is 1.09 bits per heavy atom. The summed E-state index contributed by atoms with van der Waals surface area (Å²) in [5.74, 6) is 0. The first-order chi connectivity index (χ1) is 10.3. The minimum absolute atomic E-state index is 0.163. The minimum atomic E-state index is -4.02. The first-order valence-corrected chi connectivity index (χ1v) is 8.37. The van der Waals surface area contributed by atoms with Gasteiger partial charge in [-0.3, -0.25) is 10.1 Å². The zero-order valence-electron chi connectivity index (χ0n) is 10.9. The van der Waals surface area contributed by atoms with Crippen molar-refractivity contribution in [2.24, 2.45) is 0 Å². The van der Waals surface area contributed by atoms with Crippen molar-refractivity contribution in [3.63, 3.8) is 0 Å². The molecule has 0 aliphatic heterocycles. The number of nitrogens with one attached hydrogen (secondary N) is 1. The van der Waals surface area contributed by atoms with Crippen LogP contribution in [0.3, 0.4) is 0 Å². The predicted molar refractivity (Wildman–Crippen MR) is 85.5 cm³/mol. The van der Waals surface area contributed by atoms with E-state index >= 15 is 0 Å². The molecule has 0 spiro atoms. The molecule has 0 unspecified atom stereocenters. The van der Waals surface area contributed by atoms with Gasteiger partial charge < -0.3 is 5.32 Å². The lowest BCUT2D eigenvalue weighted by Crippen LogP contribution is -2.10. The van der Waals surface area contributed by atoms with E-state index in [4.69, 9.17) is 23.2 Å². The number of hydrogen-bond acceptors (Lipinski definition) is 5. The van der Waals surface area contributed by atoms with Crippen LogP contribution in [0.5, 0.6) is 0 Å². The maximum absolute atomic E-state index is 11.9. The summed E-state index contributed by atoms with van der Waals surface area (Å²) in [6.07, 6.45) is 0. The van der Waals surface area contributed by atoms with Crippen molar-refractivity contribution in [1.82, 2.24) is 0 Å². The van der Waals surface area contributed by atoms with Gasteiger partial charge in [-0.1, -0.05) is 41.4 Å². The second-order valence-electron chi connectivity index (χ2n) is 4.23. The number of benzene rings is 2. The Bertz CT molecular complexity index is 795. The van der Waals surface area contributed by atoms with E-state index in [-0.39, 0.29) is 16.3 Å². The standard InChI is InChI=1S/C13H10Cl2N2O4S/c14-13(15)22(20,21)10-6-7-11(12(8-10)17(18)19)16-9-4-2-1-3-5-9/h1-8,13,16H. The number of nitro groups is 1. The molecule has 0 fully saturated rings. The van der Waals surface area contributed by atoms with Gasteiger partial charge in [0.2, 0.25) is 14.0 Å². The molecule has 1 N–H and O–H groups in total. The number of sulfone groups is 1. The third-order valence-electron chi connectivity index (χ3n) is 2.78. The molecule has 2 aromatic carbocycles. The molecule has 0 aliphatic carbocycles. The highest BCUT2D eigenvalue weighted by atomic mass is 35.5. The molecule has 0 bridgehead atoms. The summed E-state index contributed by atoms with van der Waals surface area (Å²) in [5, 5.41) is 14.0. The average molecular weight is 361 g/mol. The van der Waals surface area contributed by atoms with Crippen LogP contribution in [0.4, 0.5) is 17.1 Å². The Hall–Kier alpha value is -1.83. The van der Waals surface area contributed by atoms with Crippen LogP contribution in [-0.2, 0) is 9.84 Å². The first kappa shape index (κ1) is 16.5. The van der Waals surface area contributed by atoms with E-state index in [1.807, 2.05) is 0 Å². The summed E-state index contributed by atoms with van der Waals surface area (Å²) < 4.78 is 22.0. The lowest BCUT2D eigenvalue weighted by molar-refractivity contribution is -0.384. The normalized spacial score (nSPS) is 11.4. The molecule has 116 valence electrons. The van der Waals surface area contributed by atoms with Crippen molar-refractivity contribution in [1.29, 1.82) is 0 Å². The molecule has 0 heterocycles. The van der Waals surface area contributed by atoms with Gasteiger partial charge in [-0.2, -0.15) is 0 Å². The fourth-order valence-electron chi connectivity index (χ4n) is 1.73. The third-order valence-corrected chi connectivity index (χ3v) is 5.57. The van der Waals surface area contributed by atoms with Crippen LogP contribution < -0.4 is 5.32 Å². The molecule has 2 rings (SSSR count). The average Bonchev–Trinajstić information content (AvgIpc) is 2.48. The third kappa shape index (κ3) is 3.49. The highest BCUT2D eigenvalue weighted by molar-refractivity contribution is 7.94. The predicted octanol–water partition coefficient (Wildman–Crippen LogP) is 3.87. The van der Waals surface area contributed by atoms with E-state index in [0.29, 0.717) is 5.69 Å². The molecular formula is C13H10Cl2N2O4S. The topological polar surface area (TPSA) is 89.3 Å². The summed E-state index contributed by atoms with van der Waals surface area (Å²) in [4.78, 5) is 10.2. The highest BCUT2D eigenvalue weighted by Crippen LogP contribution is 2.32. The van der Waals surface area contributed by atoms with Crippen LogP contribution >= 0.6 is 23.2 Å². The molecule has 6 nitrogen and oxygen atoms in total. The second kappa shape index (κ2) is 6.51. The molecule has 0 radical (unpaired) electrons. The van der Waals surface area contributed by atoms with Gasteiger partial charge in [-0.25, -0.2) is 8.42 Å². The van der Waals surface area contributed by atoms with Gasteiger partial charge in [-0.05, 0) is 24.3 Å². The van der Waals surface area contributed by atoms with Crippen molar-refractivity contribution in [3.05, 3.63) is 58.6 Å². The minimum Gasteiger partial charge on any atom is -0.350 e. The van der Waals surface area contributed by atoms with Gasteiger partial charge in [0.1, 0.15) is 5.69 Å². The van der Waals surface area contributed by atoms with Crippen LogP contribution in [-0.4, -0.2) is 17.5 Å². The molecule has 9 heteroatoms. The van der Waals surface area contributed by atoms with E-state index in [9.17, 15) is 18.5 Å². The Morgan fingerprint density at radius 2 is 1.73 bits per heavy atom. The molecule has 0 amide bonds. The zero-order valence-corrected chi connectivity index (χ0v) is 13.3. The van der Waals surface area contributed by atoms with Crippen LogP contribution in [0.25, 0.3) is 0 Å². The molecule has 22 heavy (non-hydrogen) atoms. The van der Waals surface area contributed by atoms with E-state index < -0.39 is 18.9 Å². The summed E-state index contributed by atoms with van der Waals surface area (Å²) in [7, 11) is -4.02. The Balaban J connectivity index is 2.47. The SMILES string of the molecule is O=[N+]([O-])c1cc(S(=O)(=O)C(Cl)Cl)ccc1Nc1ccccc1. The molecule has 0 aliphatic rings. The van der Waals surface area contributed by atoms with E-state index in [2.05, 4.69) is 5.32 Å². The van der Waals surface area contributed by atoms with Gasteiger partial charge >= 0.3 is 0 Å². The van der Waals surface area contributed by atoms with Gasteiger partial charge in [0.15, 0.2) is 0 Å². The summed E-state index contributed by atoms with van der Waals surface area (Å²) >= 11 is 10.8. The highest BCUT2D eigenvalue weighted by Gasteiger charge is 2.26. The van der Waals surface area contributed by atoms with E-state index in [1.54, 1.807) is 30.3 Å². The van der Waals surface area contributed by atoms with Crippen molar-refractivity contribution in [3.8, 4) is 0 Å². The fraction of sp³-hybridized carbons (Fsp3) is 0.0769. The molecule has 0 saturated carbocycles. The van der Waals surface area contributed by atoms with Gasteiger partial charge in [0.25, 0.3) is 5.69 Å². The molecule has 2 aromatic rings. The van der Waals surface area contributed by atoms with Crippen molar-refractivity contribution in [2.75, 3.05) is 5.32 Å². The smallest absolute Gasteiger partial charge is 0.293 e. The largest absolute Gasteiger partial charge is 0.350 e. The fourth-order valence-corrected chi connectivity index (χ4v) is 3.08. The number of anilines is 2. The number of rotatable bonds is 5. The van der Waals surface area contributed by atoms with Crippen LogP contribution in [0.15, 0.2) is 53.4 Å². The van der Waals surface area contributed by atoms with Crippen molar-refractivity contribution >= 4 is 50.1 Å². The van der Waals surface area contributed by atoms with E-state index in [1.165, 1.54) is 12.1 Å². The number of para-hydroxylation sites is 1. The number of nitro benzene ring substituents is 1. The monoisotopic (exact) mass is 360 g/mol. The Labute approximate surface area is 136 Å². The van der Waals surface area contributed by atoms with Crippen molar-refractivity contribution in [2.45, 2.75) is 9.06 Å². The van der Waals surface area contributed by atoms with E-state index in [0.717, 1.165) is 6.07 Å². The van der Waals surface area contributed by atoms with Crippen molar-refractivity contribution < 1.29 is 13.3 Å². The zero-order chi connectivity index (χ0) is 16.3. The van der Waals surface area contributed by atoms with Crippen LogP contribution in [0.2, 0.25) is 0 Å². The number of hydrogen-bond donors (Lipinski definition) is 1. The van der Waals surface area contributed by atoms with Gasteiger partial charge in [0.05, 0.1) is 9.82 Å². The lowest BCUT2D eigenvalue weighted by atomic mass is 10.2. The maximum atomic E-state index is 11.9. The molecule has 0 atom stereocenters. The lowest BCUT2D eigenvalue weighted by Gasteiger charge is -2.09. The maximum Gasteiger partial charge on any atom is 0.293 e. The van der Waals surface area contributed by atoms with Gasteiger partial charge in [-0.15, -0.1) is 0 Å². The second-order valence-corrected chi connectivity index (χ2v) is 7.88. The Morgan fingerprint density at radius 3 is 2.27 bits per heavy atom. The summed E-state index contributed by atoms with van der Waals surface area (Å²) in [5.41, 5.74) is 0.406. The summed E-state index contributed by atoms with van der Waals surface area (Å²) in [6.45, 7) is 0. The first-order valence-electron chi connectivity index (χ1n) is 5.95. The number of nitrogens with zero attached hydrogens (tertiary/aromatic N) is 1. The molecule has 0 aromatic heterocycles. The quantitative estimate of drug-likeness (QED) is 0.496. The van der Waals surface area contributed by atoms with Crippen LogP contribution in [0, 0.1) is 10.1 Å².